The molecule has 5 nitrogen and oxygen atoms in total. The van der Waals surface area contributed by atoms with E-state index in [1.165, 1.54) is 0 Å². The van der Waals surface area contributed by atoms with Gasteiger partial charge in [-0.15, -0.1) is 0 Å². The van der Waals surface area contributed by atoms with Crippen LogP contribution < -0.4 is 5.32 Å². The average Bonchev–Trinajstić information content (AvgIpc) is 2.12. The van der Waals surface area contributed by atoms with Gasteiger partial charge in [-0.05, 0) is 6.92 Å². The molecule has 0 spiro atoms. The van der Waals surface area contributed by atoms with Gasteiger partial charge in [0.2, 0.25) is 5.91 Å². The Kier molecular flexibility index (Phi) is 6.25. The molecule has 0 aliphatic heterocycles. The van der Waals surface area contributed by atoms with Crippen LogP contribution in [-0.2, 0) is 4.79 Å². The molecule has 1 amide bonds. The van der Waals surface area contributed by atoms with Crippen molar-refractivity contribution in [3.8, 4) is 0 Å². The molecule has 0 heterocycles. The smallest absolute Gasteiger partial charge is 0.246 e. The fourth-order valence-electron chi connectivity index (χ4n) is 1.36. The third kappa shape index (κ3) is 6.55. The molecular weight excluding hydrogens is 208 g/mol. The van der Waals surface area contributed by atoms with E-state index in [4.69, 9.17) is 5.11 Å². The molecule has 0 bridgehead atoms. The van der Waals surface area contributed by atoms with E-state index < -0.39 is 6.10 Å². The van der Waals surface area contributed by atoms with Crippen LogP contribution in [0.5, 0.6) is 0 Å². The number of carbonyl (C=O) groups excluding carboxylic acids is 1. The molecule has 1 unspecified atom stereocenters. The summed E-state index contributed by atoms with van der Waals surface area (Å²) in [6, 6.07) is 0. The van der Waals surface area contributed by atoms with Crippen LogP contribution in [0.15, 0.2) is 12.2 Å². The molecule has 0 aliphatic carbocycles. The van der Waals surface area contributed by atoms with Gasteiger partial charge in [0.25, 0.3) is 0 Å². The first-order valence-corrected chi connectivity index (χ1v) is 5.33. The Balaban J connectivity index is 3.95. The van der Waals surface area contributed by atoms with Crippen LogP contribution >= 0.6 is 0 Å². The minimum Gasteiger partial charge on any atom is -0.391 e. The summed E-state index contributed by atoms with van der Waals surface area (Å²) in [6.45, 7) is 6.47. The molecule has 94 valence electrons. The van der Waals surface area contributed by atoms with Crippen molar-refractivity contribution < 1.29 is 19.5 Å². The fraction of sp³-hybridized carbons (Fsp3) is 0.727. The third-order valence-corrected chi connectivity index (χ3v) is 2.30. The molecule has 0 saturated heterocycles. The summed E-state index contributed by atoms with van der Waals surface area (Å²) in [5.41, 5.74) is 0.427. The molecule has 0 aromatic heterocycles. The zero-order valence-electron chi connectivity index (χ0n) is 10.4. The molecule has 16 heavy (non-hydrogen) atoms. The Morgan fingerprint density at radius 3 is 2.50 bits per heavy atom. The Hall–Kier alpha value is -0.910. The van der Waals surface area contributed by atoms with Crippen molar-refractivity contribution in [1.82, 2.24) is 5.32 Å². The first kappa shape index (κ1) is 15.1. The first-order chi connectivity index (χ1) is 7.28. The molecule has 1 atom stereocenters. The summed E-state index contributed by atoms with van der Waals surface area (Å²) >= 11 is 0. The lowest BCUT2D eigenvalue weighted by atomic mass is 10.2. The molecule has 0 aliphatic rings. The van der Waals surface area contributed by atoms with Gasteiger partial charge in [0.1, 0.15) is 19.2 Å². The first-order valence-electron chi connectivity index (χ1n) is 5.33. The maximum absolute atomic E-state index is 11.2. The minimum atomic E-state index is -0.621. The number of amides is 1. The van der Waals surface area contributed by atoms with Crippen molar-refractivity contribution in [2.45, 2.75) is 13.0 Å². The zero-order valence-corrected chi connectivity index (χ0v) is 10.4. The summed E-state index contributed by atoms with van der Waals surface area (Å²) < 4.78 is 0.514. The summed E-state index contributed by atoms with van der Waals surface area (Å²) in [6.07, 6.45) is -0.621. The normalized spacial score (nSPS) is 13.3. The molecular formula is C11H23N2O3+. The Morgan fingerprint density at radius 1 is 1.50 bits per heavy atom. The maximum atomic E-state index is 11.2. The number of hydrogen-bond donors (Lipinski definition) is 3. The van der Waals surface area contributed by atoms with Crippen LogP contribution in [0.4, 0.5) is 0 Å². The van der Waals surface area contributed by atoms with Crippen molar-refractivity contribution in [1.29, 1.82) is 0 Å². The number of carbonyl (C=O) groups is 1. The van der Waals surface area contributed by atoms with Gasteiger partial charge in [-0.3, -0.25) is 4.79 Å². The largest absolute Gasteiger partial charge is 0.391 e. The Bertz CT molecular complexity index is 252. The van der Waals surface area contributed by atoms with Crippen molar-refractivity contribution in [2.24, 2.45) is 0 Å². The van der Waals surface area contributed by atoms with Crippen molar-refractivity contribution in [2.75, 3.05) is 40.3 Å². The van der Waals surface area contributed by atoms with Crippen LogP contribution in [0, 0.1) is 0 Å². The lowest BCUT2D eigenvalue weighted by Crippen LogP contribution is -2.49. The number of rotatable bonds is 7. The number of nitrogens with one attached hydrogen (secondary N) is 1. The number of hydrogen-bond acceptors (Lipinski definition) is 3. The van der Waals surface area contributed by atoms with Crippen LogP contribution in [0.25, 0.3) is 0 Å². The van der Waals surface area contributed by atoms with Gasteiger partial charge in [-0.2, -0.15) is 0 Å². The quantitative estimate of drug-likeness (QED) is 0.393. The second-order valence-corrected chi connectivity index (χ2v) is 4.71. The summed E-state index contributed by atoms with van der Waals surface area (Å²) in [4.78, 5) is 11.2. The van der Waals surface area contributed by atoms with E-state index in [-0.39, 0.29) is 19.1 Å². The van der Waals surface area contributed by atoms with Gasteiger partial charge < -0.3 is 20.0 Å². The lowest BCUT2D eigenvalue weighted by Gasteiger charge is -2.31. The van der Waals surface area contributed by atoms with E-state index in [9.17, 15) is 9.90 Å². The van der Waals surface area contributed by atoms with Crippen molar-refractivity contribution >= 4 is 5.91 Å². The highest BCUT2D eigenvalue weighted by Crippen LogP contribution is 1.99. The monoisotopic (exact) mass is 231 g/mol. The van der Waals surface area contributed by atoms with Gasteiger partial charge in [0.05, 0.1) is 20.7 Å². The highest BCUT2D eigenvalue weighted by Gasteiger charge is 2.20. The molecule has 5 heteroatoms. The van der Waals surface area contributed by atoms with Crippen LogP contribution in [0.3, 0.4) is 0 Å². The van der Waals surface area contributed by atoms with E-state index in [1.54, 1.807) is 6.92 Å². The molecule has 0 fully saturated rings. The number of aliphatic hydroxyl groups excluding tert-OH is 2. The van der Waals surface area contributed by atoms with E-state index in [1.807, 2.05) is 14.1 Å². The summed E-state index contributed by atoms with van der Waals surface area (Å²) in [5.74, 6) is -0.244. The number of quaternary nitrogens is 1. The van der Waals surface area contributed by atoms with Gasteiger partial charge in [-0.1, -0.05) is 6.58 Å². The number of likely N-dealkylation sites (N-methyl/N-ethyl adjacent to an activating group) is 1. The number of aliphatic hydroxyl groups is 2. The topological polar surface area (TPSA) is 69.6 Å². The molecule has 0 aromatic rings. The maximum Gasteiger partial charge on any atom is 0.246 e. The average molecular weight is 231 g/mol. The molecule has 0 radical (unpaired) electrons. The van der Waals surface area contributed by atoms with Gasteiger partial charge in [0.15, 0.2) is 0 Å². The van der Waals surface area contributed by atoms with E-state index in [0.29, 0.717) is 23.1 Å². The zero-order chi connectivity index (χ0) is 12.8. The predicted molar refractivity (Wildman–Crippen MR) is 62.8 cm³/mol. The molecule has 0 rings (SSSR count). The minimum absolute atomic E-state index is 0.0812. The van der Waals surface area contributed by atoms with Gasteiger partial charge >= 0.3 is 0 Å². The molecule has 0 aromatic carbocycles. The van der Waals surface area contributed by atoms with E-state index >= 15 is 0 Å². The number of nitrogens with zero attached hydrogens (tertiary/aromatic N) is 1. The van der Waals surface area contributed by atoms with Crippen molar-refractivity contribution in [3.63, 3.8) is 0 Å². The van der Waals surface area contributed by atoms with Crippen LogP contribution in [0.2, 0.25) is 0 Å². The fourth-order valence-corrected chi connectivity index (χ4v) is 1.36. The predicted octanol–water partition coefficient (Wildman–Crippen LogP) is -0.892. The second-order valence-electron chi connectivity index (χ2n) is 4.71. The van der Waals surface area contributed by atoms with Gasteiger partial charge in [0, 0.05) is 12.1 Å². The highest BCUT2D eigenvalue weighted by molar-refractivity contribution is 5.92. The standard InChI is InChI=1S/C11H22N2O3/c1-9(2)11(16)12-7-10(15)8-13(3,4)5-6-14/h10,14-15H,1,5-8H2,2-4H3/p+1. The summed E-state index contributed by atoms with van der Waals surface area (Å²) in [7, 11) is 3.83. The SMILES string of the molecule is C=C(C)C(=O)NCC(O)C[N+](C)(C)CCO. The van der Waals surface area contributed by atoms with Crippen LogP contribution in [0.1, 0.15) is 6.92 Å². The summed E-state index contributed by atoms with van der Waals surface area (Å²) in [5, 5.41) is 21.1. The molecule has 0 saturated carbocycles. The molecule has 3 N–H and O–H groups in total. The van der Waals surface area contributed by atoms with Gasteiger partial charge in [-0.25, -0.2) is 0 Å². The Morgan fingerprint density at radius 2 is 2.06 bits per heavy atom. The highest BCUT2D eigenvalue weighted by atomic mass is 16.3. The van der Waals surface area contributed by atoms with E-state index in [2.05, 4.69) is 11.9 Å². The third-order valence-electron chi connectivity index (χ3n) is 2.30. The Labute approximate surface area is 97.0 Å². The van der Waals surface area contributed by atoms with E-state index in [0.717, 1.165) is 0 Å². The second kappa shape index (κ2) is 6.62. The lowest BCUT2D eigenvalue weighted by molar-refractivity contribution is -0.893. The van der Waals surface area contributed by atoms with Crippen LogP contribution in [-0.4, -0.2) is 67.0 Å². The van der Waals surface area contributed by atoms with Crippen molar-refractivity contribution in [3.05, 3.63) is 12.2 Å².